The molecule has 0 saturated carbocycles. The summed E-state index contributed by atoms with van der Waals surface area (Å²) in [6.07, 6.45) is 0. The van der Waals surface area contributed by atoms with Crippen molar-refractivity contribution in [2.24, 2.45) is 0 Å². The predicted molar refractivity (Wildman–Crippen MR) is 61.0 cm³/mol. The van der Waals surface area contributed by atoms with Crippen LogP contribution in [0.1, 0.15) is 6.92 Å². The molecular weight excluding hydrogens is 214 g/mol. The molecule has 2 N–H and O–H groups in total. The zero-order chi connectivity index (χ0) is 11.1. The van der Waals surface area contributed by atoms with Crippen LogP contribution < -0.4 is 10.6 Å². The maximum Gasteiger partial charge on any atom is 0.282 e. The van der Waals surface area contributed by atoms with E-state index in [4.69, 9.17) is 0 Å². The zero-order valence-electron chi connectivity index (χ0n) is 8.91. The molecule has 1 rings (SSSR count). The summed E-state index contributed by atoms with van der Waals surface area (Å²) < 4.78 is 0. The minimum Gasteiger partial charge on any atom is -0.353 e. The van der Waals surface area contributed by atoms with E-state index in [1.807, 2.05) is 6.92 Å². The molecule has 0 aromatic carbocycles. The summed E-state index contributed by atoms with van der Waals surface area (Å²) in [5.74, 6) is 0.715. The Bertz CT molecular complexity index is 235. The fourth-order valence-corrected chi connectivity index (χ4v) is 2.09. The van der Waals surface area contributed by atoms with Gasteiger partial charge in [0.05, 0.1) is 0 Å². The highest BCUT2D eigenvalue weighted by Crippen LogP contribution is 2.16. The Morgan fingerprint density at radius 2 is 2.33 bits per heavy atom. The van der Waals surface area contributed by atoms with Gasteiger partial charge in [0.25, 0.3) is 5.24 Å². The van der Waals surface area contributed by atoms with E-state index in [2.05, 4.69) is 10.6 Å². The number of likely N-dealkylation sites (N-methyl/N-ethyl adjacent to an activating group) is 1. The van der Waals surface area contributed by atoms with Crippen molar-refractivity contribution in [3.8, 4) is 0 Å². The second-order valence-corrected chi connectivity index (χ2v) is 4.29. The highest BCUT2D eigenvalue weighted by atomic mass is 32.2. The fraction of sp³-hybridized carbons (Fsp3) is 0.778. The van der Waals surface area contributed by atoms with Crippen LogP contribution in [-0.2, 0) is 4.79 Å². The molecule has 15 heavy (non-hydrogen) atoms. The van der Waals surface area contributed by atoms with E-state index in [0.29, 0.717) is 13.1 Å². The summed E-state index contributed by atoms with van der Waals surface area (Å²) >= 11 is 1.27. The lowest BCUT2D eigenvalue weighted by molar-refractivity contribution is -0.121. The van der Waals surface area contributed by atoms with Gasteiger partial charge in [0.15, 0.2) is 0 Å². The highest BCUT2D eigenvalue weighted by molar-refractivity contribution is 8.13. The fourth-order valence-electron chi connectivity index (χ4n) is 1.27. The summed E-state index contributed by atoms with van der Waals surface area (Å²) in [5.41, 5.74) is 0. The molecule has 0 aromatic heterocycles. The number of hydrogen-bond acceptors (Lipinski definition) is 4. The summed E-state index contributed by atoms with van der Waals surface area (Å²) in [7, 11) is 0. The van der Waals surface area contributed by atoms with Gasteiger partial charge in [-0.3, -0.25) is 9.59 Å². The van der Waals surface area contributed by atoms with Crippen LogP contribution in [0.15, 0.2) is 0 Å². The highest BCUT2D eigenvalue weighted by Gasteiger charge is 2.22. The van der Waals surface area contributed by atoms with Gasteiger partial charge >= 0.3 is 0 Å². The molecule has 6 heteroatoms. The maximum atomic E-state index is 11.4. The number of carbonyl (C=O) groups is 2. The lowest BCUT2D eigenvalue weighted by Gasteiger charge is -2.13. The second kappa shape index (κ2) is 6.68. The SMILES string of the molecule is CCNCCNC(=O)CN1CCSC1=O. The van der Waals surface area contributed by atoms with E-state index in [0.717, 1.165) is 18.8 Å². The van der Waals surface area contributed by atoms with Crippen LogP contribution in [0.25, 0.3) is 0 Å². The third kappa shape index (κ3) is 4.53. The molecule has 5 nitrogen and oxygen atoms in total. The van der Waals surface area contributed by atoms with Crippen LogP contribution in [0, 0.1) is 0 Å². The normalized spacial score (nSPS) is 15.8. The zero-order valence-corrected chi connectivity index (χ0v) is 9.73. The lowest BCUT2D eigenvalue weighted by Crippen LogP contribution is -2.39. The minimum atomic E-state index is -0.0799. The standard InChI is InChI=1S/C9H17N3O2S/c1-2-10-3-4-11-8(13)7-12-5-6-15-9(12)14/h10H,2-7H2,1H3,(H,11,13). The molecule has 0 spiro atoms. The van der Waals surface area contributed by atoms with Crippen molar-refractivity contribution in [1.29, 1.82) is 0 Å². The van der Waals surface area contributed by atoms with Crippen LogP contribution in [-0.4, -0.2) is 54.5 Å². The molecule has 0 aromatic rings. The monoisotopic (exact) mass is 231 g/mol. The van der Waals surface area contributed by atoms with Gasteiger partial charge < -0.3 is 15.5 Å². The molecular formula is C9H17N3O2S. The number of thioether (sulfide) groups is 1. The van der Waals surface area contributed by atoms with E-state index in [1.54, 1.807) is 4.90 Å². The first kappa shape index (κ1) is 12.3. The third-order valence-electron chi connectivity index (χ3n) is 2.05. The van der Waals surface area contributed by atoms with Gasteiger partial charge in [-0.1, -0.05) is 18.7 Å². The van der Waals surface area contributed by atoms with Crippen molar-refractivity contribution < 1.29 is 9.59 Å². The topological polar surface area (TPSA) is 61.4 Å². The van der Waals surface area contributed by atoms with E-state index < -0.39 is 0 Å². The summed E-state index contributed by atoms with van der Waals surface area (Å²) in [6, 6.07) is 0. The molecule has 0 atom stereocenters. The molecule has 0 unspecified atom stereocenters. The average Bonchev–Trinajstić information content (AvgIpc) is 2.59. The van der Waals surface area contributed by atoms with Crippen LogP contribution in [0.5, 0.6) is 0 Å². The molecule has 1 aliphatic heterocycles. The Hall–Kier alpha value is -0.750. The Morgan fingerprint density at radius 1 is 1.53 bits per heavy atom. The minimum absolute atomic E-state index is 0.0110. The Kier molecular flexibility index (Phi) is 5.49. The van der Waals surface area contributed by atoms with Gasteiger partial charge in [-0.15, -0.1) is 0 Å². The molecule has 2 amide bonds. The number of carbonyl (C=O) groups excluding carboxylic acids is 2. The maximum absolute atomic E-state index is 11.4. The molecule has 0 bridgehead atoms. The van der Waals surface area contributed by atoms with Crippen molar-refractivity contribution in [1.82, 2.24) is 15.5 Å². The first-order valence-electron chi connectivity index (χ1n) is 5.13. The van der Waals surface area contributed by atoms with Gasteiger partial charge in [-0.25, -0.2) is 0 Å². The Balaban J connectivity index is 2.10. The Labute approximate surface area is 94.0 Å². The molecule has 1 aliphatic rings. The third-order valence-corrected chi connectivity index (χ3v) is 2.95. The predicted octanol–water partition coefficient (Wildman–Crippen LogP) is -0.119. The van der Waals surface area contributed by atoms with Crippen molar-refractivity contribution >= 4 is 22.9 Å². The quantitative estimate of drug-likeness (QED) is 0.626. The number of nitrogens with one attached hydrogen (secondary N) is 2. The van der Waals surface area contributed by atoms with Gasteiger partial charge in [0, 0.05) is 25.4 Å². The van der Waals surface area contributed by atoms with Crippen LogP contribution in [0.3, 0.4) is 0 Å². The first-order valence-corrected chi connectivity index (χ1v) is 6.11. The molecule has 1 heterocycles. The number of rotatable bonds is 6. The molecule has 86 valence electrons. The molecule has 0 aliphatic carbocycles. The largest absolute Gasteiger partial charge is 0.353 e. The van der Waals surface area contributed by atoms with Crippen molar-refractivity contribution in [2.45, 2.75) is 6.92 Å². The molecule has 1 fully saturated rings. The smallest absolute Gasteiger partial charge is 0.282 e. The van der Waals surface area contributed by atoms with Crippen LogP contribution >= 0.6 is 11.8 Å². The van der Waals surface area contributed by atoms with Crippen LogP contribution in [0.4, 0.5) is 4.79 Å². The van der Waals surface area contributed by atoms with E-state index in [-0.39, 0.29) is 17.7 Å². The van der Waals surface area contributed by atoms with Gasteiger partial charge in [0.1, 0.15) is 6.54 Å². The van der Waals surface area contributed by atoms with E-state index >= 15 is 0 Å². The van der Waals surface area contributed by atoms with Crippen LogP contribution in [0.2, 0.25) is 0 Å². The molecule has 1 saturated heterocycles. The van der Waals surface area contributed by atoms with Gasteiger partial charge in [-0.05, 0) is 6.54 Å². The second-order valence-electron chi connectivity index (χ2n) is 3.24. The van der Waals surface area contributed by atoms with Crippen molar-refractivity contribution in [3.05, 3.63) is 0 Å². The summed E-state index contributed by atoms with van der Waals surface area (Å²) in [6.45, 7) is 5.17. The van der Waals surface area contributed by atoms with Gasteiger partial charge in [0.2, 0.25) is 5.91 Å². The molecule has 0 radical (unpaired) electrons. The van der Waals surface area contributed by atoms with E-state index in [9.17, 15) is 9.59 Å². The average molecular weight is 231 g/mol. The van der Waals surface area contributed by atoms with Gasteiger partial charge in [-0.2, -0.15) is 0 Å². The number of nitrogens with zero attached hydrogens (tertiary/aromatic N) is 1. The van der Waals surface area contributed by atoms with Crippen molar-refractivity contribution in [2.75, 3.05) is 38.5 Å². The lowest BCUT2D eigenvalue weighted by atomic mass is 10.5. The first-order chi connectivity index (χ1) is 7.24. The van der Waals surface area contributed by atoms with Crippen molar-refractivity contribution in [3.63, 3.8) is 0 Å². The Morgan fingerprint density at radius 3 is 2.93 bits per heavy atom. The summed E-state index contributed by atoms with van der Waals surface area (Å²) in [5, 5.41) is 5.88. The number of hydrogen-bond donors (Lipinski definition) is 2. The summed E-state index contributed by atoms with van der Waals surface area (Å²) in [4.78, 5) is 24.1. The van der Waals surface area contributed by atoms with E-state index in [1.165, 1.54) is 11.8 Å². The number of amides is 2.